The van der Waals surface area contributed by atoms with E-state index in [1.807, 2.05) is 36.4 Å². The number of hydrogen-bond donors (Lipinski definition) is 3. The van der Waals surface area contributed by atoms with Crippen molar-refractivity contribution in [3.8, 4) is 23.1 Å². The molecule has 1 fully saturated rings. The van der Waals surface area contributed by atoms with Gasteiger partial charge in [0.15, 0.2) is 0 Å². The number of carbonyl (C=O) groups is 1. The van der Waals surface area contributed by atoms with Crippen molar-refractivity contribution in [2.75, 3.05) is 18.5 Å². The van der Waals surface area contributed by atoms with Crippen molar-refractivity contribution in [3.63, 3.8) is 0 Å². The Hall–Kier alpha value is -4.00. The summed E-state index contributed by atoms with van der Waals surface area (Å²) in [5, 5.41) is 24.8. The number of nitrogens with zero attached hydrogens (tertiary/aromatic N) is 3. The molecule has 0 aliphatic carbocycles. The molecule has 180 valence electrons. The molecule has 0 radical (unpaired) electrons. The van der Waals surface area contributed by atoms with Gasteiger partial charge >= 0.3 is 5.97 Å². The Morgan fingerprint density at radius 3 is 2.71 bits per heavy atom. The van der Waals surface area contributed by atoms with Crippen molar-refractivity contribution in [1.82, 2.24) is 15.3 Å². The summed E-state index contributed by atoms with van der Waals surface area (Å²) < 4.78 is 11.4. The summed E-state index contributed by atoms with van der Waals surface area (Å²) in [4.78, 5) is 19.8. The molecule has 4 rings (SSSR count). The molecule has 2 heterocycles. The summed E-state index contributed by atoms with van der Waals surface area (Å²) in [6.45, 7) is 3.40. The fourth-order valence-electron chi connectivity index (χ4n) is 3.63. The third kappa shape index (κ3) is 6.53. The molecule has 0 saturated carbocycles. The highest BCUT2D eigenvalue weighted by atomic mass is 16.5. The van der Waals surface area contributed by atoms with Gasteiger partial charge in [-0.1, -0.05) is 12.1 Å². The minimum absolute atomic E-state index is 0.0549. The van der Waals surface area contributed by atoms with Gasteiger partial charge in [0.05, 0.1) is 24.5 Å². The van der Waals surface area contributed by atoms with Crippen LogP contribution in [0.2, 0.25) is 0 Å². The van der Waals surface area contributed by atoms with Crippen LogP contribution in [-0.2, 0) is 16.1 Å². The minimum Gasteiger partial charge on any atom is -0.489 e. The molecule has 1 aromatic heterocycles. The van der Waals surface area contributed by atoms with Crippen LogP contribution in [-0.4, -0.2) is 46.4 Å². The van der Waals surface area contributed by atoms with E-state index in [0.717, 1.165) is 29.7 Å². The predicted octanol–water partition coefficient (Wildman–Crippen LogP) is 3.88. The number of nitrogens with one attached hydrogen (secondary N) is 2. The quantitative estimate of drug-likeness (QED) is 0.424. The van der Waals surface area contributed by atoms with Crippen molar-refractivity contribution in [1.29, 1.82) is 5.26 Å². The van der Waals surface area contributed by atoms with E-state index in [1.165, 1.54) is 0 Å². The van der Waals surface area contributed by atoms with Gasteiger partial charge in [-0.2, -0.15) is 5.26 Å². The van der Waals surface area contributed by atoms with E-state index in [0.29, 0.717) is 42.7 Å². The van der Waals surface area contributed by atoms with Crippen LogP contribution in [0.15, 0.2) is 54.7 Å². The summed E-state index contributed by atoms with van der Waals surface area (Å²) in [6, 6.07) is 16.5. The van der Waals surface area contributed by atoms with Crippen LogP contribution in [0.3, 0.4) is 0 Å². The summed E-state index contributed by atoms with van der Waals surface area (Å²) in [5.74, 6) is 0.112. The second kappa shape index (κ2) is 11.4. The lowest BCUT2D eigenvalue weighted by Crippen LogP contribution is -2.33. The Labute approximate surface area is 203 Å². The van der Waals surface area contributed by atoms with Crippen molar-refractivity contribution in [2.45, 2.75) is 38.5 Å². The van der Waals surface area contributed by atoms with Crippen LogP contribution in [0.4, 0.5) is 11.6 Å². The molecule has 1 atom stereocenters. The first kappa shape index (κ1) is 24.1. The molecular formula is C26H27N5O4. The summed E-state index contributed by atoms with van der Waals surface area (Å²) >= 11 is 0. The van der Waals surface area contributed by atoms with Gasteiger partial charge in [-0.3, -0.25) is 4.79 Å². The average Bonchev–Trinajstić information content (AvgIpc) is 2.89. The maximum absolute atomic E-state index is 10.9. The number of hydrogen-bond acceptors (Lipinski definition) is 8. The topological polar surface area (TPSA) is 129 Å². The third-order valence-electron chi connectivity index (χ3n) is 5.71. The van der Waals surface area contributed by atoms with Gasteiger partial charge in [-0.05, 0) is 48.9 Å². The molecule has 0 amide bonds. The molecule has 1 unspecified atom stereocenters. The molecule has 2 aromatic carbocycles. The Bertz CT molecular complexity index is 1200. The maximum Gasteiger partial charge on any atom is 0.320 e. The molecule has 1 aliphatic heterocycles. The Morgan fingerprint density at radius 1 is 1.23 bits per heavy atom. The van der Waals surface area contributed by atoms with E-state index in [2.05, 4.69) is 26.7 Å². The molecule has 0 bridgehead atoms. The van der Waals surface area contributed by atoms with Crippen molar-refractivity contribution in [2.24, 2.45) is 0 Å². The number of aromatic nitrogens is 2. The van der Waals surface area contributed by atoms with E-state index in [1.54, 1.807) is 25.3 Å². The fourth-order valence-corrected chi connectivity index (χ4v) is 3.63. The molecule has 3 aromatic rings. The van der Waals surface area contributed by atoms with Gasteiger partial charge in [-0.25, -0.2) is 9.97 Å². The Kier molecular flexibility index (Phi) is 7.88. The van der Waals surface area contributed by atoms with Crippen LogP contribution in [0.1, 0.15) is 30.9 Å². The molecule has 3 N–H and O–H groups in total. The standard InChI is InChI=1S/C26H27N5O4/c1-17(25(32)33)29-16-18-2-5-21(6-3-18)30-26-28-11-8-23(31-26)19-4-7-24(20(14-19)15-27)35-22-9-12-34-13-10-22/h2-8,11,14,17,22,29H,9-10,12-13,16H2,1H3,(H,32,33)(H,28,30,31). The lowest BCUT2D eigenvalue weighted by molar-refractivity contribution is -0.139. The zero-order valence-electron chi connectivity index (χ0n) is 19.4. The van der Waals surface area contributed by atoms with E-state index in [-0.39, 0.29) is 6.10 Å². The van der Waals surface area contributed by atoms with E-state index in [9.17, 15) is 10.1 Å². The SMILES string of the molecule is CC(NCc1ccc(Nc2nccc(-c3ccc(OC4CCOCC4)c(C#N)c3)n2)cc1)C(=O)O. The van der Waals surface area contributed by atoms with Crippen LogP contribution >= 0.6 is 0 Å². The van der Waals surface area contributed by atoms with Crippen molar-refractivity contribution < 1.29 is 19.4 Å². The molecule has 9 heteroatoms. The largest absolute Gasteiger partial charge is 0.489 e. The number of benzene rings is 2. The van der Waals surface area contributed by atoms with Crippen LogP contribution < -0.4 is 15.4 Å². The number of nitriles is 1. The fraction of sp³-hybridized carbons (Fsp3) is 0.308. The first-order chi connectivity index (χ1) is 17.0. The molecule has 9 nitrogen and oxygen atoms in total. The summed E-state index contributed by atoms with van der Waals surface area (Å²) in [7, 11) is 0. The van der Waals surface area contributed by atoms with Gasteiger partial charge in [-0.15, -0.1) is 0 Å². The number of aliphatic carboxylic acids is 1. The normalized spacial score (nSPS) is 14.6. The number of ether oxygens (including phenoxy) is 2. The molecule has 0 spiro atoms. The average molecular weight is 474 g/mol. The Balaban J connectivity index is 1.43. The lowest BCUT2D eigenvalue weighted by Gasteiger charge is -2.23. The van der Waals surface area contributed by atoms with Gasteiger partial charge < -0.3 is 25.2 Å². The highest BCUT2D eigenvalue weighted by Crippen LogP contribution is 2.28. The third-order valence-corrected chi connectivity index (χ3v) is 5.71. The minimum atomic E-state index is -0.885. The molecule has 1 saturated heterocycles. The first-order valence-corrected chi connectivity index (χ1v) is 11.5. The van der Waals surface area contributed by atoms with Gasteiger partial charge in [0.1, 0.15) is 24.0 Å². The predicted molar refractivity (Wildman–Crippen MR) is 130 cm³/mol. The molecular weight excluding hydrogens is 446 g/mol. The summed E-state index contributed by atoms with van der Waals surface area (Å²) in [6.07, 6.45) is 3.34. The zero-order chi connectivity index (χ0) is 24.6. The van der Waals surface area contributed by atoms with Crippen molar-refractivity contribution in [3.05, 3.63) is 65.9 Å². The number of carboxylic acid groups (broad SMARTS) is 1. The van der Waals surface area contributed by atoms with Crippen LogP contribution in [0, 0.1) is 11.3 Å². The van der Waals surface area contributed by atoms with E-state index in [4.69, 9.17) is 14.6 Å². The van der Waals surface area contributed by atoms with Crippen molar-refractivity contribution >= 4 is 17.6 Å². The molecule has 1 aliphatic rings. The number of anilines is 2. The molecule has 35 heavy (non-hydrogen) atoms. The van der Waals surface area contributed by atoms with Crippen LogP contribution in [0.25, 0.3) is 11.3 Å². The smallest absolute Gasteiger partial charge is 0.320 e. The second-order valence-corrected chi connectivity index (χ2v) is 8.28. The maximum atomic E-state index is 10.9. The Morgan fingerprint density at radius 2 is 2.00 bits per heavy atom. The van der Waals surface area contributed by atoms with E-state index >= 15 is 0 Å². The lowest BCUT2D eigenvalue weighted by atomic mass is 10.1. The van der Waals surface area contributed by atoms with Gasteiger partial charge in [0.25, 0.3) is 0 Å². The number of rotatable bonds is 9. The highest BCUT2D eigenvalue weighted by Gasteiger charge is 2.17. The number of carboxylic acids is 1. The second-order valence-electron chi connectivity index (χ2n) is 8.28. The summed E-state index contributed by atoms with van der Waals surface area (Å²) in [5.41, 5.74) is 3.70. The highest BCUT2D eigenvalue weighted by molar-refractivity contribution is 5.72. The van der Waals surface area contributed by atoms with E-state index < -0.39 is 12.0 Å². The first-order valence-electron chi connectivity index (χ1n) is 11.5. The van der Waals surface area contributed by atoms with Crippen LogP contribution in [0.5, 0.6) is 5.75 Å². The van der Waals surface area contributed by atoms with Gasteiger partial charge in [0, 0.05) is 36.8 Å². The monoisotopic (exact) mass is 473 g/mol. The van der Waals surface area contributed by atoms with Gasteiger partial charge in [0.2, 0.25) is 5.95 Å². The zero-order valence-corrected chi connectivity index (χ0v) is 19.4.